The highest BCUT2D eigenvalue weighted by Gasteiger charge is 2.67. The maximum atomic E-state index is 13.9. The first-order valence-corrected chi connectivity index (χ1v) is 13.1. The Balaban J connectivity index is 2.28. The Hall–Kier alpha value is -1.46. The fraction of sp³-hybridized carbons (Fsp3) is 0.917. The number of fused-ring (bicyclic) bond motifs is 1. The largest absolute Gasteiger partial charge is 0.428 e. The van der Waals surface area contributed by atoms with Crippen LogP contribution in [0.3, 0.4) is 0 Å². The molecule has 4 amide bonds. The molecule has 0 aromatic rings. The molecule has 0 saturated carbocycles. The molecular formula is C24H47N4O6+. The first-order chi connectivity index (χ1) is 16.6. The second-order valence-corrected chi connectivity index (χ2v) is 9.13. The molecule has 2 aliphatic heterocycles. The fourth-order valence-electron chi connectivity index (χ4n) is 4.18. The highest BCUT2D eigenvalue weighted by atomic mass is 16.5. The van der Waals surface area contributed by atoms with Crippen LogP contribution in [0.25, 0.3) is 0 Å². The van der Waals surface area contributed by atoms with Crippen LogP contribution in [0.4, 0.5) is 9.59 Å². The molecule has 0 aliphatic carbocycles. The number of nitrogens with one attached hydrogen (secondary N) is 1. The van der Waals surface area contributed by atoms with Gasteiger partial charge < -0.3 is 24.3 Å². The molecule has 0 aromatic carbocycles. The summed E-state index contributed by atoms with van der Waals surface area (Å²) >= 11 is 0. The van der Waals surface area contributed by atoms with Crippen LogP contribution in [0.5, 0.6) is 0 Å². The molecule has 10 nitrogen and oxygen atoms in total. The minimum Gasteiger partial charge on any atom is -0.361 e. The van der Waals surface area contributed by atoms with Gasteiger partial charge in [0.05, 0.1) is 13.2 Å². The number of unbranched alkanes of at least 4 members (excludes halogenated alkanes) is 4. The van der Waals surface area contributed by atoms with Crippen molar-refractivity contribution in [3.63, 3.8) is 0 Å². The van der Waals surface area contributed by atoms with E-state index in [1.807, 2.05) is 0 Å². The second-order valence-electron chi connectivity index (χ2n) is 9.13. The highest BCUT2D eigenvalue weighted by molar-refractivity contribution is 5.81. The summed E-state index contributed by atoms with van der Waals surface area (Å²) in [5.41, 5.74) is 0. The summed E-state index contributed by atoms with van der Waals surface area (Å²) in [6.07, 6.45) is 6.63. The molecule has 198 valence electrons. The van der Waals surface area contributed by atoms with Gasteiger partial charge in [0.1, 0.15) is 13.5 Å². The Bertz CT molecular complexity index is 586. The van der Waals surface area contributed by atoms with E-state index >= 15 is 0 Å². The quantitative estimate of drug-likeness (QED) is 0.206. The van der Waals surface area contributed by atoms with Crippen molar-refractivity contribution in [3.05, 3.63) is 0 Å². The number of nitrogens with zero attached hydrogens (tertiary/aromatic N) is 3. The van der Waals surface area contributed by atoms with E-state index in [2.05, 4.69) is 33.0 Å². The molecule has 0 aromatic heterocycles. The first-order valence-electron chi connectivity index (χ1n) is 13.1. The maximum Gasteiger partial charge on any atom is 0.428 e. The van der Waals surface area contributed by atoms with Gasteiger partial charge in [0.2, 0.25) is 6.17 Å². The van der Waals surface area contributed by atoms with Gasteiger partial charge in [-0.25, -0.2) is 19.4 Å². The molecular weight excluding hydrogens is 440 g/mol. The number of carbonyl (C=O) groups excluding carboxylic acids is 2. The van der Waals surface area contributed by atoms with Crippen molar-refractivity contribution >= 4 is 12.1 Å². The molecule has 2 heterocycles. The Morgan fingerprint density at radius 2 is 1.15 bits per heavy atom. The van der Waals surface area contributed by atoms with E-state index in [4.69, 9.17) is 18.9 Å². The van der Waals surface area contributed by atoms with E-state index in [-0.39, 0.29) is 43.5 Å². The van der Waals surface area contributed by atoms with Crippen LogP contribution < -0.4 is 5.32 Å². The van der Waals surface area contributed by atoms with Gasteiger partial charge in [-0.2, -0.15) is 4.48 Å². The zero-order valence-corrected chi connectivity index (χ0v) is 21.8. The lowest BCUT2D eigenvalue weighted by Gasteiger charge is -2.37. The number of hydrogen-bond acceptors (Lipinski definition) is 6. The van der Waals surface area contributed by atoms with Gasteiger partial charge in [-0.3, -0.25) is 0 Å². The average Bonchev–Trinajstić information content (AvgIpc) is 3.26. The van der Waals surface area contributed by atoms with E-state index < -0.39 is 12.3 Å². The number of urea groups is 2. The minimum absolute atomic E-state index is 0.120. The molecule has 1 N–H and O–H groups in total. The fourth-order valence-corrected chi connectivity index (χ4v) is 4.18. The molecule has 2 saturated heterocycles. The summed E-state index contributed by atoms with van der Waals surface area (Å²) < 4.78 is 23.5. The Labute approximate surface area is 205 Å². The first kappa shape index (κ1) is 28.8. The van der Waals surface area contributed by atoms with Crippen molar-refractivity contribution < 1.29 is 33.0 Å². The van der Waals surface area contributed by atoms with E-state index in [1.54, 1.807) is 9.80 Å². The predicted octanol–water partition coefficient (Wildman–Crippen LogP) is 4.01. The predicted molar refractivity (Wildman–Crippen MR) is 128 cm³/mol. The van der Waals surface area contributed by atoms with Crippen molar-refractivity contribution in [3.8, 4) is 0 Å². The van der Waals surface area contributed by atoms with Gasteiger partial charge in [0, 0.05) is 13.2 Å². The Kier molecular flexibility index (Phi) is 13.1. The van der Waals surface area contributed by atoms with E-state index in [0.29, 0.717) is 26.4 Å². The van der Waals surface area contributed by atoms with Crippen molar-refractivity contribution in [2.75, 3.05) is 53.4 Å². The lowest BCUT2D eigenvalue weighted by atomic mass is 10.3. The standard InChI is InChI=1S/C24H46N4O6/c1-5-9-13-31-17-26-21-22(27(23(29)25-21)18-32-14-10-6-2)28(24(26)30,19-33-15-11-7-3)20-34-16-12-8-4/h21-22H,5-20H2,1-4H3/p+1. The summed E-state index contributed by atoms with van der Waals surface area (Å²) in [7, 11) is 0. The van der Waals surface area contributed by atoms with E-state index in [0.717, 1.165) is 51.4 Å². The summed E-state index contributed by atoms with van der Waals surface area (Å²) in [5, 5.41) is 2.99. The summed E-state index contributed by atoms with van der Waals surface area (Å²) in [4.78, 5) is 30.1. The van der Waals surface area contributed by atoms with Gasteiger partial charge >= 0.3 is 12.1 Å². The van der Waals surface area contributed by atoms with Gasteiger partial charge in [0.25, 0.3) is 0 Å². The lowest BCUT2D eigenvalue weighted by Crippen LogP contribution is -2.63. The molecule has 0 radical (unpaired) electrons. The molecule has 2 aliphatic rings. The zero-order valence-electron chi connectivity index (χ0n) is 21.8. The number of rotatable bonds is 20. The number of amides is 4. The normalized spacial score (nSPS) is 21.4. The van der Waals surface area contributed by atoms with Crippen LogP contribution >= 0.6 is 0 Å². The van der Waals surface area contributed by atoms with Crippen LogP contribution in [-0.4, -0.2) is 92.0 Å². The van der Waals surface area contributed by atoms with Crippen molar-refractivity contribution in [2.24, 2.45) is 0 Å². The van der Waals surface area contributed by atoms with Crippen molar-refractivity contribution in [1.82, 2.24) is 15.1 Å². The van der Waals surface area contributed by atoms with Gasteiger partial charge in [-0.05, 0) is 25.7 Å². The molecule has 0 spiro atoms. The molecule has 2 rings (SSSR count). The Morgan fingerprint density at radius 3 is 1.62 bits per heavy atom. The SMILES string of the molecule is CCCCOCN1C(=O)[N+](COCCCC)(COCCCC)C2C1NC(=O)N2COCCCC. The van der Waals surface area contributed by atoms with Crippen LogP contribution in [0.2, 0.25) is 0 Å². The zero-order chi connectivity index (χ0) is 24.8. The topological polar surface area (TPSA) is 89.6 Å². The van der Waals surface area contributed by atoms with Crippen LogP contribution in [0.15, 0.2) is 0 Å². The third kappa shape index (κ3) is 7.27. The third-order valence-electron chi connectivity index (χ3n) is 6.28. The number of hydrogen-bond donors (Lipinski definition) is 1. The minimum atomic E-state index is -0.527. The maximum absolute atomic E-state index is 13.9. The second kappa shape index (κ2) is 15.5. The molecule has 2 atom stereocenters. The van der Waals surface area contributed by atoms with E-state index in [1.165, 1.54) is 0 Å². The van der Waals surface area contributed by atoms with Gasteiger partial charge in [-0.15, -0.1) is 0 Å². The summed E-state index contributed by atoms with van der Waals surface area (Å²) in [5.74, 6) is 0. The Morgan fingerprint density at radius 1 is 0.706 bits per heavy atom. The van der Waals surface area contributed by atoms with Crippen LogP contribution in [0, 0.1) is 0 Å². The summed E-state index contributed by atoms with van der Waals surface area (Å²) in [6, 6.07) is -0.403. The smallest absolute Gasteiger partial charge is 0.361 e. The number of carbonyl (C=O) groups is 2. The molecule has 34 heavy (non-hydrogen) atoms. The highest BCUT2D eigenvalue weighted by Crippen LogP contribution is 2.36. The van der Waals surface area contributed by atoms with Crippen molar-refractivity contribution in [1.29, 1.82) is 0 Å². The molecule has 0 bridgehead atoms. The monoisotopic (exact) mass is 487 g/mol. The number of quaternary nitrogens is 1. The number of ether oxygens (including phenoxy) is 4. The average molecular weight is 488 g/mol. The van der Waals surface area contributed by atoms with E-state index in [9.17, 15) is 9.59 Å². The third-order valence-corrected chi connectivity index (χ3v) is 6.28. The van der Waals surface area contributed by atoms with Crippen LogP contribution in [-0.2, 0) is 18.9 Å². The van der Waals surface area contributed by atoms with Crippen molar-refractivity contribution in [2.45, 2.75) is 91.4 Å². The van der Waals surface area contributed by atoms with Gasteiger partial charge in [-0.1, -0.05) is 53.4 Å². The molecule has 2 unspecified atom stereocenters. The lowest BCUT2D eigenvalue weighted by molar-refractivity contribution is -0.915. The van der Waals surface area contributed by atoms with Gasteiger partial charge in [0.15, 0.2) is 19.6 Å². The molecule has 10 heteroatoms. The van der Waals surface area contributed by atoms with Crippen LogP contribution in [0.1, 0.15) is 79.1 Å². The molecule has 2 fully saturated rings. The summed E-state index contributed by atoms with van der Waals surface area (Å²) in [6.45, 7) is 11.1.